The number of halogens is 1. The molecule has 1 heterocycles. The van der Waals surface area contributed by atoms with E-state index < -0.39 is 0 Å². The fourth-order valence-electron chi connectivity index (χ4n) is 6.39. The second-order valence-electron chi connectivity index (χ2n) is 9.34. The Morgan fingerprint density at radius 2 is 1.89 bits per heavy atom. The maximum Gasteiger partial charge on any atom is 0.322 e. The lowest BCUT2D eigenvalue weighted by atomic mass is 9.75. The fourth-order valence-corrected chi connectivity index (χ4v) is 6.39. The first-order valence-corrected chi connectivity index (χ1v) is 10.6. The van der Waals surface area contributed by atoms with Crippen LogP contribution in [0, 0.1) is 23.6 Å². The SMILES string of the molecule is O=C1C=CN(C(=O)NC23CC4CCCC(C2)C(C4)C3)C(c2ccc(F)cc2)C1. The Balaban J connectivity index is 1.38. The van der Waals surface area contributed by atoms with Crippen molar-refractivity contribution in [1.29, 1.82) is 0 Å². The number of urea groups is 1. The van der Waals surface area contributed by atoms with Crippen molar-refractivity contribution in [2.45, 2.75) is 62.9 Å². The minimum Gasteiger partial charge on any atom is -0.332 e. The Hall–Kier alpha value is -2.17. The topological polar surface area (TPSA) is 49.4 Å². The summed E-state index contributed by atoms with van der Waals surface area (Å²) in [5, 5.41) is 3.40. The van der Waals surface area contributed by atoms with Gasteiger partial charge in [-0.3, -0.25) is 9.69 Å². The van der Waals surface area contributed by atoms with Crippen LogP contribution in [-0.2, 0) is 4.79 Å². The van der Waals surface area contributed by atoms with Crippen LogP contribution in [0.25, 0.3) is 0 Å². The van der Waals surface area contributed by atoms with Gasteiger partial charge >= 0.3 is 6.03 Å². The van der Waals surface area contributed by atoms with Crippen molar-refractivity contribution in [3.63, 3.8) is 0 Å². The zero-order chi connectivity index (χ0) is 19.3. The van der Waals surface area contributed by atoms with E-state index in [0.717, 1.165) is 42.6 Å². The van der Waals surface area contributed by atoms with E-state index in [1.807, 2.05) is 0 Å². The van der Waals surface area contributed by atoms with Gasteiger partial charge in [-0.1, -0.05) is 31.4 Å². The lowest BCUT2D eigenvalue weighted by molar-refractivity contribution is -0.116. The third-order valence-electron chi connectivity index (χ3n) is 7.49. The largest absolute Gasteiger partial charge is 0.332 e. The number of carbonyl (C=O) groups excluding carboxylic acids is 2. The Morgan fingerprint density at radius 1 is 1.11 bits per heavy atom. The first kappa shape index (κ1) is 17.9. The van der Waals surface area contributed by atoms with Crippen LogP contribution < -0.4 is 5.32 Å². The van der Waals surface area contributed by atoms with Crippen molar-refractivity contribution in [2.75, 3.05) is 0 Å². The van der Waals surface area contributed by atoms with Crippen molar-refractivity contribution in [2.24, 2.45) is 17.8 Å². The molecule has 1 aromatic carbocycles. The predicted octanol–water partition coefficient (Wildman–Crippen LogP) is 4.72. The zero-order valence-electron chi connectivity index (χ0n) is 16.1. The van der Waals surface area contributed by atoms with Crippen LogP contribution in [0.15, 0.2) is 36.5 Å². The quantitative estimate of drug-likeness (QED) is 0.804. The molecule has 5 unspecified atom stereocenters. The Morgan fingerprint density at radius 3 is 2.71 bits per heavy atom. The molecule has 3 aliphatic carbocycles. The Bertz CT molecular complexity index is 816. The summed E-state index contributed by atoms with van der Waals surface area (Å²) < 4.78 is 13.3. The molecule has 4 aliphatic rings. The molecule has 148 valence electrons. The molecule has 0 aromatic heterocycles. The molecule has 1 aromatic rings. The van der Waals surface area contributed by atoms with E-state index in [0.29, 0.717) is 0 Å². The van der Waals surface area contributed by atoms with Gasteiger partial charge in [0.05, 0.1) is 6.04 Å². The van der Waals surface area contributed by atoms with Gasteiger partial charge in [0.15, 0.2) is 5.78 Å². The van der Waals surface area contributed by atoms with Crippen molar-refractivity contribution in [1.82, 2.24) is 10.2 Å². The summed E-state index contributed by atoms with van der Waals surface area (Å²) in [6.07, 6.45) is 11.8. The van der Waals surface area contributed by atoms with Gasteiger partial charge in [0.1, 0.15) is 5.82 Å². The second-order valence-corrected chi connectivity index (χ2v) is 9.34. The van der Waals surface area contributed by atoms with Crippen molar-refractivity contribution in [3.8, 4) is 0 Å². The molecule has 0 saturated heterocycles. The molecule has 5 atom stereocenters. The molecule has 1 N–H and O–H groups in total. The van der Waals surface area contributed by atoms with E-state index in [1.54, 1.807) is 23.2 Å². The highest BCUT2D eigenvalue weighted by Crippen LogP contribution is 2.55. The van der Waals surface area contributed by atoms with E-state index in [9.17, 15) is 14.0 Å². The Labute approximate surface area is 165 Å². The van der Waals surface area contributed by atoms with Gasteiger partial charge in [-0.05, 0) is 67.2 Å². The van der Waals surface area contributed by atoms with Crippen LogP contribution in [-0.4, -0.2) is 22.3 Å². The number of nitrogens with one attached hydrogen (secondary N) is 1. The predicted molar refractivity (Wildman–Crippen MR) is 104 cm³/mol. The molecule has 3 saturated carbocycles. The van der Waals surface area contributed by atoms with Gasteiger partial charge in [0.25, 0.3) is 0 Å². The van der Waals surface area contributed by atoms with E-state index >= 15 is 0 Å². The summed E-state index contributed by atoms with van der Waals surface area (Å²) in [6, 6.07) is 5.60. The van der Waals surface area contributed by atoms with Crippen LogP contribution >= 0.6 is 0 Å². The number of hydrogen-bond donors (Lipinski definition) is 1. The third-order valence-corrected chi connectivity index (χ3v) is 7.49. The monoisotopic (exact) mass is 382 g/mol. The first-order valence-electron chi connectivity index (χ1n) is 10.6. The fraction of sp³-hybridized carbons (Fsp3) is 0.565. The zero-order valence-corrected chi connectivity index (χ0v) is 16.1. The number of amides is 2. The summed E-state index contributed by atoms with van der Waals surface area (Å²) >= 11 is 0. The van der Waals surface area contributed by atoms with Crippen LogP contribution in [0.4, 0.5) is 9.18 Å². The summed E-state index contributed by atoms with van der Waals surface area (Å²) in [4.78, 5) is 27.0. The molecule has 1 aliphatic heterocycles. The second kappa shape index (κ2) is 6.71. The highest BCUT2D eigenvalue weighted by Gasteiger charge is 2.52. The molecule has 3 bridgehead atoms. The van der Waals surface area contributed by atoms with Gasteiger partial charge in [-0.15, -0.1) is 0 Å². The highest BCUT2D eigenvalue weighted by atomic mass is 19.1. The number of rotatable bonds is 2. The number of nitrogens with zero attached hydrogens (tertiary/aromatic N) is 1. The standard InChI is InChI=1S/C23H27FN2O2/c24-19-6-4-16(5-7-19)21-11-20(27)8-9-26(21)22(28)25-23-12-15-2-1-3-17(13-23)18(10-15)14-23/h4-9,15,17-18,21H,1-3,10-14H2,(H,25,28). The summed E-state index contributed by atoms with van der Waals surface area (Å²) in [7, 11) is 0. The Kier molecular flexibility index (Phi) is 4.29. The number of benzene rings is 1. The molecule has 5 heteroatoms. The minimum atomic E-state index is -0.380. The molecule has 0 radical (unpaired) electrons. The molecule has 28 heavy (non-hydrogen) atoms. The number of allylic oxidation sites excluding steroid dienone is 1. The van der Waals surface area contributed by atoms with Gasteiger partial charge in [-0.2, -0.15) is 0 Å². The highest BCUT2D eigenvalue weighted by molar-refractivity contribution is 5.93. The maximum absolute atomic E-state index is 13.3. The summed E-state index contributed by atoms with van der Waals surface area (Å²) in [5.41, 5.74) is 0.704. The third kappa shape index (κ3) is 3.15. The van der Waals surface area contributed by atoms with E-state index in [-0.39, 0.29) is 35.6 Å². The smallest absolute Gasteiger partial charge is 0.322 e. The molecule has 2 amide bonds. The molecule has 5 rings (SSSR count). The average molecular weight is 382 g/mol. The number of ketones is 1. The molecule has 3 fully saturated rings. The molecule has 0 spiro atoms. The van der Waals surface area contributed by atoms with Gasteiger partial charge in [0.2, 0.25) is 0 Å². The number of fused-ring (bicyclic) bond motifs is 2. The first-order chi connectivity index (χ1) is 13.5. The van der Waals surface area contributed by atoms with E-state index in [1.165, 1.54) is 43.9 Å². The van der Waals surface area contributed by atoms with Gasteiger partial charge < -0.3 is 5.32 Å². The minimum absolute atomic E-state index is 0.00957. The normalized spacial score (nSPS) is 36.5. The van der Waals surface area contributed by atoms with Crippen molar-refractivity contribution < 1.29 is 14.0 Å². The van der Waals surface area contributed by atoms with Crippen LogP contribution in [0.1, 0.15) is 63.0 Å². The van der Waals surface area contributed by atoms with Crippen molar-refractivity contribution >= 4 is 11.8 Å². The van der Waals surface area contributed by atoms with E-state index in [2.05, 4.69) is 5.32 Å². The van der Waals surface area contributed by atoms with Crippen LogP contribution in [0.2, 0.25) is 0 Å². The van der Waals surface area contributed by atoms with Crippen molar-refractivity contribution in [3.05, 3.63) is 47.9 Å². The molecular weight excluding hydrogens is 355 g/mol. The summed E-state index contributed by atoms with van der Waals surface area (Å²) in [6.45, 7) is 0. The lowest BCUT2D eigenvalue weighted by Crippen LogP contribution is -2.54. The molecular formula is C23H27FN2O2. The van der Waals surface area contributed by atoms with E-state index in [4.69, 9.17) is 0 Å². The van der Waals surface area contributed by atoms with Crippen LogP contribution in [0.5, 0.6) is 0 Å². The van der Waals surface area contributed by atoms with Gasteiger partial charge in [0, 0.05) is 18.2 Å². The average Bonchev–Trinajstić information content (AvgIpc) is 2.81. The maximum atomic E-state index is 13.3. The lowest BCUT2D eigenvalue weighted by Gasteiger charge is -2.41. The number of hydrogen-bond acceptors (Lipinski definition) is 2. The van der Waals surface area contributed by atoms with Crippen LogP contribution in [0.3, 0.4) is 0 Å². The molecule has 4 nitrogen and oxygen atoms in total. The van der Waals surface area contributed by atoms with Gasteiger partial charge in [-0.25, -0.2) is 9.18 Å². The number of carbonyl (C=O) groups is 2. The summed E-state index contributed by atoms with van der Waals surface area (Å²) in [5.74, 6) is 1.91.